The first-order valence-corrected chi connectivity index (χ1v) is 7.03. The van der Waals surface area contributed by atoms with Crippen molar-refractivity contribution < 1.29 is 9.21 Å². The van der Waals surface area contributed by atoms with E-state index in [-0.39, 0.29) is 5.91 Å². The van der Waals surface area contributed by atoms with Crippen LogP contribution in [0.15, 0.2) is 64.1 Å². The summed E-state index contributed by atoms with van der Waals surface area (Å²) in [6.07, 6.45) is 0. The van der Waals surface area contributed by atoms with Gasteiger partial charge in [-0.15, -0.1) is 0 Å². The third kappa shape index (κ3) is 1.90. The second kappa shape index (κ2) is 4.80. The van der Waals surface area contributed by atoms with Gasteiger partial charge in [-0.3, -0.25) is 4.79 Å². The van der Waals surface area contributed by atoms with Gasteiger partial charge in [-0.1, -0.05) is 30.3 Å². The molecule has 0 bridgehead atoms. The van der Waals surface area contributed by atoms with Crippen molar-refractivity contribution in [3.63, 3.8) is 0 Å². The van der Waals surface area contributed by atoms with Gasteiger partial charge in [-0.2, -0.15) is 10.1 Å². The minimum absolute atomic E-state index is 0.143. The van der Waals surface area contributed by atoms with Gasteiger partial charge in [-0.25, -0.2) is 4.98 Å². The number of rotatable bonds is 2. The first-order chi connectivity index (χ1) is 10.7. The standard InChI is InChI=1S/C17H13N3O2/c1-11-15(16-18-13-9-5-6-10-14(13)22-16)17(21)20(19-11)12-7-3-2-4-8-12/h2-10,15H,1H3. The van der Waals surface area contributed by atoms with Crippen LogP contribution in [0.1, 0.15) is 18.7 Å². The third-order valence-corrected chi connectivity index (χ3v) is 3.69. The monoisotopic (exact) mass is 291 g/mol. The normalized spacial score (nSPS) is 18.0. The highest BCUT2D eigenvalue weighted by molar-refractivity contribution is 6.18. The largest absolute Gasteiger partial charge is 0.439 e. The second-order valence-corrected chi connectivity index (χ2v) is 5.18. The van der Waals surface area contributed by atoms with E-state index < -0.39 is 5.92 Å². The Morgan fingerprint density at radius 1 is 1.05 bits per heavy atom. The second-order valence-electron chi connectivity index (χ2n) is 5.18. The van der Waals surface area contributed by atoms with Crippen LogP contribution in [0, 0.1) is 0 Å². The maximum atomic E-state index is 12.7. The first-order valence-electron chi connectivity index (χ1n) is 7.03. The van der Waals surface area contributed by atoms with Gasteiger partial charge in [0.15, 0.2) is 11.5 Å². The van der Waals surface area contributed by atoms with Crippen molar-refractivity contribution in [3.05, 3.63) is 60.5 Å². The van der Waals surface area contributed by atoms with Crippen LogP contribution < -0.4 is 5.01 Å². The number of amides is 1. The molecule has 3 aromatic rings. The number of fused-ring (bicyclic) bond motifs is 1. The Labute approximate surface area is 126 Å². The summed E-state index contributed by atoms with van der Waals surface area (Å²) >= 11 is 0. The Kier molecular flexibility index (Phi) is 2.79. The average molecular weight is 291 g/mol. The van der Waals surface area contributed by atoms with E-state index in [2.05, 4.69) is 10.1 Å². The zero-order valence-corrected chi connectivity index (χ0v) is 11.9. The lowest BCUT2D eigenvalue weighted by atomic mass is 10.1. The van der Waals surface area contributed by atoms with Gasteiger partial charge in [0, 0.05) is 0 Å². The molecule has 5 heteroatoms. The lowest BCUT2D eigenvalue weighted by Crippen LogP contribution is -2.25. The van der Waals surface area contributed by atoms with Crippen LogP contribution in [0.4, 0.5) is 5.69 Å². The van der Waals surface area contributed by atoms with Crippen molar-refractivity contribution in [2.45, 2.75) is 12.8 Å². The molecular weight excluding hydrogens is 278 g/mol. The summed E-state index contributed by atoms with van der Waals surface area (Å²) in [7, 11) is 0. The molecule has 5 nitrogen and oxygen atoms in total. The fourth-order valence-electron chi connectivity index (χ4n) is 2.62. The molecule has 0 N–H and O–H groups in total. The molecule has 1 unspecified atom stereocenters. The molecule has 2 heterocycles. The minimum Gasteiger partial charge on any atom is -0.439 e. The van der Waals surface area contributed by atoms with Crippen molar-refractivity contribution in [1.82, 2.24) is 4.98 Å². The molecule has 1 aromatic heterocycles. The van der Waals surface area contributed by atoms with Gasteiger partial charge in [-0.05, 0) is 31.2 Å². The fourth-order valence-corrected chi connectivity index (χ4v) is 2.62. The molecule has 108 valence electrons. The lowest BCUT2D eigenvalue weighted by Gasteiger charge is -2.12. The molecule has 0 fully saturated rings. The van der Waals surface area contributed by atoms with Crippen LogP contribution in [-0.2, 0) is 4.79 Å². The Bertz CT molecular complexity index is 850. The smallest absolute Gasteiger partial charge is 0.265 e. The number of oxazole rings is 1. The summed E-state index contributed by atoms with van der Waals surface area (Å²) in [6.45, 7) is 1.82. The molecule has 0 saturated heterocycles. The van der Waals surface area contributed by atoms with Gasteiger partial charge in [0.1, 0.15) is 5.52 Å². The first kappa shape index (κ1) is 12.8. The maximum Gasteiger partial charge on any atom is 0.265 e. The third-order valence-electron chi connectivity index (χ3n) is 3.69. The predicted octanol–water partition coefficient (Wildman–Crippen LogP) is 3.33. The number of carbonyl (C=O) groups excluding carboxylic acids is 1. The van der Waals surface area contributed by atoms with Crippen molar-refractivity contribution in [2.24, 2.45) is 5.10 Å². The topological polar surface area (TPSA) is 58.7 Å². The summed E-state index contributed by atoms with van der Waals surface area (Å²) < 4.78 is 5.74. The van der Waals surface area contributed by atoms with Crippen LogP contribution in [-0.4, -0.2) is 16.6 Å². The zero-order valence-electron chi connectivity index (χ0n) is 11.9. The summed E-state index contributed by atoms with van der Waals surface area (Å²) in [6, 6.07) is 16.8. The number of carbonyl (C=O) groups is 1. The molecule has 1 atom stereocenters. The van der Waals surface area contributed by atoms with Gasteiger partial charge < -0.3 is 4.42 Å². The van der Waals surface area contributed by atoms with E-state index in [0.29, 0.717) is 17.2 Å². The summed E-state index contributed by atoms with van der Waals surface area (Å²) in [4.78, 5) is 17.1. The van der Waals surface area contributed by atoms with E-state index in [1.165, 1.54) is 5.01 Å². The van der Waals surface area contributed by atoms with Gasteiger partial charge >= 0.3 is 0 Å². The molecule has 22 heavy (non-hydrogen) atoms. The molecule has 0 spiro atoms. The summed E-state index contributed by atoms with van der Waals surface area (Å²) in [5.41, 5.74) is 2.85. The molecule has 0 aliphatic carbocycles. The van der Waals surface area contributed by atoms with Crippen LogP contribution in [0.25, 0.3) is 11.1 Å². The van der Waals surface area contributed by atoms with Gasteiger partial charge in [0.25, 0.3) is 5.91 Å². The van der Waals surface area contributed by atoms with Crippen molar-refractivity contribution in [1.29, 1.82) is 0 Å². The number of hydrogen-bond acceptors (Lipinski definition) is 4. The SMILES string of the molecule is CC1=NN(c2ccccc2)C(=O)C1c1nc2ccccc2o1. The van der Waals surface area contributed by atoms with Crippen LogP contribution >= 0.6 is 0 Å². The quantitative estimate of drug-likeness (QED) is 0.727. The van der Waals surface area contributed by atoms with E-state index in [1.54, 1.807) is 0 Å². The molecule has 0 saturated carbocycles. The van der Waals surface area contributed by atoms with E-state index >= 15 is 0 Å². The molecule has 2 aromatic carbocycles. The molecular formula is C17H13N3O2. The average Bonchev–Trinajstić information content (AvgIpc) is 3.08. The maximum absolute atomic E-state index is 12.7. The van der Waals surface area contributed by atoms with Crippen molar-refractivity contribution in [3.8, 4) is 0 Å². The molecule has 0 radical (unpaired) electrons. The highest BCUT2D eigenvalue weighted by Crippen LogP contribution is 2.31. The number of hydrazone groups is 1. The van der Waals surface area contributed by atoms with Crippen LogP contribution in [0.2, 0.25) is 0 Å². The Balaban J connectivity index is 1.74. The van der Waals surface area contributed by atoms with Crippen molar-refractivity contribution in [2.75, 3.05) is 5.01 Å². The number of para-hydroxylation sites is 3. The van der Waals surface area contributed by atoms with E-state index in [9.17, 15) is 4.79 Å². The number of anilines is 1. The highest BCUT2D eigenvalue weighted by Gasteiger charge is 2.39. The van der Waals surface area contributed by atoms with Gasteiger partial charge in [0.2, 0.25) is 5.89 Å². The molecule has 1 amide bonds. The molecule has 1 aliphatic heterocycles. The number of aromatic nitrogens is 1. The highest BCUT2D eigenvalue weighted by atomic mass is 16.3. The van der Waals surface area contributed by atoms with Gasteiger partial charge in [0.05, 0.1) is 11.4 Å². The fraction of sp³-hybridized carbons (Fsp3) is 0.118. The number of nitrogens with zero attached hydrogens (tertiary/aromatic N) is 3. The Hall–Kier alpha value is -2.95. The van der Waals surface area contributed by atoms with E-state index in [4.69, 9.17) is 4.42 Å². The molecule has 4 rings (SSSR count). The summed E-state index contributed by atoms with van der Waals surface area (Å²) in [5, 5.41) is 5.78. The minimum atomic E-state index is -0.562. The number of hydrogen-bond donors (Lipinski definition) is 0. The zero-order chi connectivity index (χ0) is 15.1. The van der Waals surface area contributed by atoms with Crippen LogP contribution in [0.5, 0.6) is 0 Å². The van der Waals surface area contributed by atoms with E-state index in [0.717, 1.165) is 11.2 Å². The van der Waals surface area contributed by atoms with Crippen molar-refractivity contribution >= 4 is 28.4 Å². The molecule has 1 aliphatic rings. The lowest BCUT2D eigenvalue weighted by molar-refractivity contribution is -0.118. The Morgan fingerprint density at radius 3 is 2.55 bits per heavy atom. The predicted molar refractivity (Wildman–Crippen MR) is 83.8 cm³/mol. The van der Waals surface area contributed by atoms with Crippen LogP contribution in [0.3, 0.4) is 0 Å². The Morgan fingerprint density at radius 2 is 1.77 bits per heavy atom. The summed E-state index contributed by atoms with van der Waals surface area (Å²) in [5.74, 6) is -0.311. The number of benzene rings is 2. The van der Waals surface area contributed by atoms with E-state index in [1.807, 2.05) is 61.5 Å².